The van der Waals surface area contributed by atoms with Crippen molar-refractivity contribution in [2.75, 3.05) is 29.9 Å². The molecule has 0 saturated carbocycles. The van der Waals surface area contributed by atoms with Crippen molar-refractivity contribution in [2.24, 2.45) is 5.92 Å². The molecule has 170 valence electrons. The minimum atomic E-state index is -0.365. The van der Waals surface area contributed by atoms with Crippen LogP contribution in [0.25, 0.3) is 0 Å². The molecule has 0 fully saturated rings. The van der Waals surface area contributed by atoms with Gasteiger partial charge < -0.3 is 9.64 Å². The van der Waals surface area contributed by atoms with E-state index >= 15 is 0 Å². The first-order valence-electron chi connectivity index (χ1n) is 12.1. The molecule has 0 spiro atoms. The Balaban J connectivity index is 1.79. The van der Waals surface area contributed by atoms with Crippen LogP contribution in [0.2, 0.25) is 0 Å². The lowest BCUT2D eigenvalue weighted by atomic mass is 9.73. The van der Waals surface area contributed by atoms with E-state index < -0.39 is 0 Å². The van der Waals surface area contributed by atoms with Crippen molar-refractivity contribution in [1.29, 1.82) is 0 Å². The van der Waals surface area contributed by atoms with Gasteiger partial charge in [0.1, 0.15) is 0 Å². The number of carbonyl (C=O) groups excluding carboxylic acids is 1. The van der Waals surface area contributed by atoms with E-state index in [0.717, 1.165) is 44.5 Å². The third-order valence-corrected chi connectivity index (χ3v) is 6.97. The fourth-order valence-electron chi connectivity index (χ4n) is 5.54. The van der Waals surface area contributed by atoms with Gasteiger partial charge in [-0.15, -0.1) is 0 Å². The fourth-order valence-corrected chi connectivity index (χ4v) is 5.54. The summed E-state index contributed by atoms with van der Waals surface area (Å²) in [5.41, 5.74) is 6.32. The highest BCUT2D eigenvalue weighted by molar-refractivity contribution is 5.86. The van der Waals surface area contributed by atoms with Gasteiger partial charge in [-0.1, -0.05) is 49.5 Å². The summed E-state index contributed by atoms with van der Waals surface area (Å²) in [6.45, 7) is 8.83. The number of nitrogens with one attached hydrogen (secondary N) is 1. The lowest BCUT2D eigenvalue weighted by Crippen LogP contribution is -2.38. The molecule has 1 amide bonds. The van der Waals surface area contributed by atoms with E-state index in [1.807, 2.05) is 6.92 Å². The molecular formula is C28H36N2O2. The van der Waals surface area contributed by atoms with Crippen LogP contribution in [0, 0.1) is 5.92 Å². The van der Waals surface area contributed by atoms with E-state index in [4.69, 9.17) is 4.74 Å². The van der Waals surface area contributed by atoms with Gasteiger partial charge in [0.15, 0.2) is 0 Å². The molecule has 2 aliphatic heterocycles. The van der Waals surface area contributed by atoms with E-state index in [0.29, 0.717) is 24.4 Å². The van der Waals surface area contributed by atoms with E-state index in [1.54, 1.807) is 0 Å². The number of amides is 1. The van der Waals surface area contributed by atoms with Crippen LogP contribution in [0.15, 0.2) is 60.2 Å². The van der Waals surface area contributed by atoms with Gasteiger partial charge in [-0.05, 0) is 80.2 Å². The monoisotopic (exact) mass is 432 g/mol. The summed E-state index contributed by atoms with van der Waals surface area (Å²) in [7, 11) is 0. The molecule has 4 heteroatoms. The second kappa shape index (κ2) is 10.2. The largest absolute Gasteiger partial charge is 0.449 e. The number of ether oxygens (including phenoxy) is 1. The summed E-state index contributed by atoms with van der Waals surface area (Å²) in [5, 5.41) is 3.02. The summed E-state index contributed by atoms with van der Waals surface area (Å²) >= 11 is 0. The van der Waals surface area contributed by atoms with E-state index in [-0.39, 0.29) is 6.09 Å². The molecule has 1 aromatic rings. The molecule has 0 radical (unpaired) electrons. The molecule has 3 aliphatic rings. The quantitative estimate of drug-likeness (QED) is 0.488. The summed E-state index contributed by atoms with van der Waals surface area (Å²) in [6, 6.07) is 4.40. The summed E-state index contributed by atoms with van der Waals surface area (Å²) in [4.78, 5) is 15.0. The minimum Gasteiger partial charge on any atom is -0.449 e. The second-order valence-corrected chi connectivity index (χ2v) is 8.99. The van der Waals surface area contributed by atoms with Crippen molar-refractivity contribution in [1.82, 2.24) is 0 Å². The summed E-state index contributed by atoms with van der Waals surface area (Å²) in [6.07, 6.45) is 19.3. The Kier molecular flexibility index (Phi) is 7.19. The lowest BCUT2D eigenvalue weighted by molar-refractivity contribution is 0.161. The standard InChI is InChI=1S/C28H36N2O2/c1-4-10-20(6-3)23-13-15-30-16-14-24(21-11-8-7-9-12-21)26-19-22(18-25(23)27(26)30)29-28(31)32-17-5-2/h4,6-11,18-19,21,23-24H,5,12-17H2,1-3H3,(H,29,31)/b10-4-,20-6+. The number of hydrogen-bond donors (Lipinski definition) is 1. The predicted molar refractivity (Wildman–Crippen MR) is 134 cm³/mol. The zero-order valence-electron chi connectivity index (χ0n) is 19.6. The highest BCUT2D eigenvalue weighted by Gasteiger charge is 2.36. The van der Waals surface area contributed by atoms with Gasteiger partial charge in [0, 0.05) is 30.4 Å². The number of carbonyl (C=O) groups is 1. The van der Waals surface area contributed by atoms with Crippen molar-refractivity contribution in [3.63, 3.8) is 0 Å². The van der Waals surface area contributed by atoms with Gasteiger partial charge in [-0.3, -0.25) is 5.32 Å². The molecule has 4 rings (SSSR count). The van der Waals surface area contributed by atoms with Crippen LogP contribution in [0.3, 0.4) is 0 Å². The van der Waals surface area contributed by atoms with Gasteiger partial charge in [-0.25, -0.2) is 4.79 Å². The van der Waals surface area contributed by atoms with Crippen LogP contribution in [0.5, 0.6) is 0 Å². The van der Waals surface area contributed by atoms with Crippen molar-refractivity contribution in [3.05, 3.63) is 71.4 Å². The Morgan fingerprint density at radius 2 is 2.00 bits per heavy atom. The molecule has 1 aliphatic carbocycles. The number of allylic oxidation sites excluding steroid dienone is 8. The smallest absolute Gasteiger partial charge is 0.411 e. The van der Waals surface area contributed by atoms with Gasteiger partial charge in [0.25, 0.3) is 0 Å². The average molecular weight is 433 g/mol. The third kappa shape index (κ3) is 4.55. The third-order valence-electron chi connectivity index (χ3n) is 6.97. The Labute approximate surface area is 192 Å². The minimum absolute atomic E-state index is 0.343. The van der Waals surface area contributed by atoms with Crippen molar-refractivity contribution >= 4 is 17.5 Å². The number of anilines is 2. The van der Waals surface area contributed by atoms with Crippen LogP contribution in [-0.4, -0.2) is 25.8 Å². The van der Waals surface area contributed by atoms with Gasteiger partial charge in [0.05, 0.1) is 6.61 Å². The molecule has 32 heavy (non-hydrogen) atoms. The van der Waals surface area contributed by atoms with Crippen LogP contribution >= 0.6 is 0 Å². The number of rotatable bonds is 6. The van der Waals surface area contributed by atoms with Crippen molar-refractivity contribution in [2.45, 2.75) is 58.3 Å². The Morgan fingerprint density at radius 1 is 1.19 bits per heavy atom. The van der Waals surface area contributed by atoms with E-state index in [2.05, 4.69) is 78.7 Å². The lowest BCUT2D eigenvalue weighted by Gasteiger charge is -2.44. The molecule has 0 saturated heterocycles. The molecular weight excluding hydrogens is 396 g/mol. The maximum absolute atomic E-state index is 12.4. The van der Waals surface area contributed by atoms with E-state index in [9.17, 15) is 4.79 Å². The highest BCUT2D eigenvalue weighted by atomic mass is 16.5. The fraction of sp³-hybridized carbons (Fsp3) is 0.464. The molecule has 1 aromatic carbocycles. The number of benzene rings is 1. The molecule has 3 unspecified atom stereocenters. The van der Waals surface area contributed by atoms with Crippen molar-refractivity contribution < 1.29 is 9.53 Å². The second-order valence-electron chi connectivity index (χ2n) is 8.99. The van der Waals surface area contributed by atoms with Gasteiger partial charge >= 0.3 is 6.09 Å². The average Bonchev–Trinajstić information content (AvgIpc) is 2.82. The van der Waals surface area contributed by atoms with Crippen LogP contribution in [-0.2, 0) is 4.74 Å². The van der Waals surface area contributed by atoms with E-state index in [1.165, 1.54) is 22.4 Å². The Bertz CT molecular complexity index is 956. The maximum atomic E-state index is 12.4. The first-order valence-corrected chi connectivity index (χ1v) is 12.1. The molecule has 4 nitrogen and oxygen atoms in total. The summed E-state index contributed by atoms with van der Waals surface area (Å²) in [5.74, 6) is 1.31. The van der Waals surface area contributed by atoms with Crippen molar-refractivity contribution in [3.8, 4) is 0 Å². The number of nitrogens with zero attached hydrogens (tertiary/aromatic N) is 1. The summed E-state index contributed by atoms with van der Waals surface area (Å²) < 4.78 is 5.32. The van der Waals surface area contributed by atoms with Gasteiger partial charge in [-0.2, -0.15) is 0 Å². The van der Waals surface area contributed by atoms with Gasteiger partial charge in [0.2, 0.25) is 0 Å². The normalized spacial score (nSPS) is 24.5. The molecule has 1 N–H and O–H groups in total. The topological polar surface area (TPSA) is 41.6 Å². The number of hydrogen-bond acceptors (Lipinski definition) is 3. The first kappa shape index (κ1) is 22.4. The van der Waals surface area contributed by atoms with Crippen LogP contribution in [0.1, 0.15) is 69.4 Å². The molecule has 2 heterocycles. The first-order chi connectivity index (χ1) is 15.7. The Hall–Kier alpha value is -2.75. The molecule has 3 atom stereocenters. The highest BCUT2D eigenvalue weighted by Crippen LogP contribution is 2.50. The van der Waals surface area contributed by atoms with Crippen LogP contribution in [0.4, 0.5) is 16.2 Å². The maximum Gasteiger partial charge on any atom is 0.411 e. The SMILES string of the molecule is C/C=C\C(=C/C)C1CCN2CCC(C3C=CC=CC3)c3cc(NC(=O)OCCC)cc1c32. The zero-order chi connectivity index (χ0) is 22.5. The Morgan fingerprint density at radius 3 is 2.72 bits per heavy atom. The zero-order valence-corrected chi connectivity index (χ0v) is 19.6. The predicted octanol–water partition coefficient (Wildman–Crippen LogP) is 7.08. The molecule has 0 bridgehead atoms. The van der Waals surface area contributed by atoms with Crippen LogP contribution < -0.4 is 10.2 Å². The molecule has 0 aromatic heterocycles.